The minimum absolute atomic E-state index is 0.344. The minimum Gasteiger partial charge on any atom is -0.397 e. The SMILES string of the molecule is N#CCCN(Cc1cccnc1)c1ncc(N)cc1C#N. The zero-order valence-electron chi connectivity index (χ0n) is 11.4. The lowest BCUT2D eigenvalue weighted by atomic mass is 10.2. The molecule has 0 unspecified atom stereocenters. The summed E-state index contributed by atoms with van der Waals surface area (Å²) in [5, 5.41) is 18.0. The van der Waals surface area contributed by atoms with Gasteiger partial charge in [0.15, 0.2) is 0 Å². The summed E-state index contributed by atoms with van der Waals surface area (Å²) in [4.78, 5) is 10.2. The summed E-state index contributed by atoms with van der Waals surface area (Å²) in [7, 11) is 0. The summed E-state index contributed by atoms with van der Waals surface area (Å²) >= 11 is 0. The Morgan fingerprint density at radius 3 is 2.81 bits per heavy atom. The third-order valence-electron chi connectivity index (χ3n) is 2.90. The average molecular weight is 278 g/mol. The Kier molecular flexibility index (Phi) is 4.68. The molecule has 21 heavy (non-hydrogen) atoms. The van der Waals surface area contributed by atoms with Gasteiger partial charge in [0.2, 0.25) is 0 Å². The maximum Gasteiger partial charge on any atom is 0.146 e. The van der Waals surface area contributed by atoms with Gasteiger partial charge in [-0.2, -0.15) is 10.5 Å². The van der Waals surface area contributed by atoms with Crippen LogP contribution in [0.5, 0.6) is 0 Å². The molecule has 2 rings (SSSR count). The molecular formula is C15H14N6. The van der Waals surface area contributed by atoms with E-state index in [1.165, 1.54) is 6.20 Å². The lowest BCUT2D eigenvalue weighted by Gasteiger charge is -2.23. The van der Waals surface area contributed by atoms with Crippen molar-refractivity contribution in [2.45, 2.75) is 13.0 Å². The first-order chi connectivity index (χ1) is 10.2. The maximum absolute atomic E-state index is 9.23. The van der Waals surface area contributed by atoms with Crippen LogP contribution in [0.1, 0.15) is 17.5 Å². The van der Waals surface area contributed by atoms with Gasteiger partial charge < -0.3 is 10.6 Å². The molecule has 0 aliphatic heterocycles. The van der Waals surface area contributed by atoms with Gasteiger partial charge >= 0.3 is 0 Å². The summed E-state index contributed by atoms with van der Waals surface area (Å²) < 4.78 is 0. The van der Waals surface area contributed by atoms with Crippen LogP contribution in [-0.4, -0.2) is 16.5 Å². The van der Waals surface area contributed by atoms with Crippen LogP contribution < -0.4 is 10.6 Å². The monoisotopic (exact) mass is 278 g/mol. The van der Waals surface area contributed by atoms with Crippen molar-refractivity contribution >= 4 is 11.5 Å². The van der Waals surface area contributed by atoms with Crippen LogP contribution >= 0.6 is 0 Å². The van der Waals surface area contributed by atoms with Crippen molar-refractivity contribution in [3.05, 3.63) is 47.9 Å². The minimum atomic E-state index is 0.344. The molecule has 0 radical (unpaired) electrons. The fourth-order valence-electron chi connectivity index (χ4n) is 1.96. The van der Waals surface area contributed by atoms with E-state index >= 15 is 0 Å². The number of nitrogens with two attached hydrogens (primary N) is 1. The van der Waals surface area contributed by atoms with Crippen LogP contribution in [0.4, 0.5) is 11.5 Å². The molecule has 0 atom stereocenters. The smallest absolute Gasteiger partial charge is 0.146 e. The quantitative estimate of drug-likeness (QED) is 0.895. The van der Waals surface area contributed by atoms with Crippen LogP contribution in [0, 0.1) is 22.7 Å². The molecular weight excluding hydrogens is 264 g/mol. The molecule has 6 heteroatoms. The summed E-state index contributed by atoms with van der Waals surface area (Å²) in [5.74, 6) is 0.533. The Bertz CT molecular complexity index is 684. The zero-order chi connectivity index (χ0) is 15.1. The highest BCUT2D eigenvalue weighted by atomic mass is 15.2. The second-order valence-electron chi connectivity index (χ2n) is 4.44. The Labute approximate surface area is 123 Å². The van der Waals surface area contributed by atoms with Crippen LogP contribution in [0.25, 0.3) is 0 Å². The average Bonchev–Trinajstić information content (AvgIpc) is 2.52. The van der Waals surface area contributed by atoms with Crippen LogP contribution in [0.3, 0.4) is 0 Å². The van der Waals surface area contributed by atoms with Gasteiger partial charge in [-0.1, -0.05) is 6.07 Å². The molecule has 6 nitrogen and oxygen atoms in total. The highest BCUT2D eigenvalue weighted by Gasteiger charge is 2.14. The maximum atomic E-state index is 9.23. The number of aromatic nitrogens is 2. The summed E-state index contributed by atoms with van der Waals surface area (Å²) in [5.41, 5.74) is 7.49. The van der Waals surface area contributed by atoms with Crippen molar-refractivity contribution in [3.8, 4) is 12.1 Å². The van der Waals surface area contributed by atoms with Crippen molar-refractivity contribution in [2.75, 3.05) is 17.2 Å². The Hall–Kier alpha value is -3.12. The van der Waals surface area contributed by atoms with Crippen molar-refractivity contribution in [1.29, 1.82) is 10.5 Å². The van der Waals surface area contributed by atoms with Gasteiger partial charge in [-0.25, -0.2) is 4.98 Å². The second-order valence-corrected chi connectivity index (χ2v) is 4.44. The van der Waals surface area contributed by atoms with E-state index in [1.54, 1.807) is 18.5 Å². The highest BCUT2D eigenvalue weighted by molar-refractivity contribution is 5.59. The van der Waals surface area contributed by atoms with Gasteiger partial charge in [0.1, 0.15) is 11.9 Å². The molecule has 2 N–H and O–H groups in total. The largest absolute Gasteiger partial charge is 0.397 e. The van der Waals surface area contributed by atoms with Crippen LogP contribution in [-0.2, 0) is 6.54 Å². The molecule has 0 aliphatic rings. The number of anilines is 2. The molecule has 0 aliphatic carbocycles. The second kappa shape index (κ2) is 6.88. The third-order valence-corrected chi connectivity index (χ3v) is 2.90. The molecule has 0 saturated heterocycles. The number of rotatable bonds is 5. The van der Waals surface area contributed by atoms with Gasteiger partial charge in [-0.15, -0.1) is 0 Å². The summed E-state index contributed by atoms with van der Waals surface area (Å²) in [6.45, 7) is 1.01. The predicted molar refractivity (Wildman–Crippen MR) is 78.9 cm³/mol. The van der Waals surface area contributed by atoms with E-state index in [0.717, 1.165) is 5.56 Å². The normalized spacial score (nSPS) is 9.62. The molecule has 104 valence electrons. The van der Waals surface area contributed by atoms with E-state index in [-0.39, 0.29) is 0 Å². The lowest BCUT2D eigenvalue weighted by Crippen LogP contribution is -2.25. The molecule has 2 aromatic heterocycles. The summed E-state index contributed by atoms with van der Waals surface area (Å²) in [6.07, 6.45) is 5.31. The predicted octanol–water partition coefficient (Wildman–Crippen LogP) is 1.85. The number of nitrogen functional groups attached to an aromatic ring is 1. The van der Waals surface area contributed by atoms with E-state index in [2.05, 4.69) is 22.1 Å². The van der Waals surface area contributed by atoms with E-state index < -0.39 is 0 Å². The molecule has 0 fully saturated rings. The van der Waals surface area contributed by atoms with Crippen molar-refractivity contribution in [3.63, 3.8) is 0 Å². The Morgan fingerprint density at radius 2 is 2.14 bits per heavy atom. The first-order valence-electron chi connectivity index (χ1n) is 6.41. The van der Waals surface area contributed by atoms with Crippen LogP contribution in [0.15, 0.2) is 36.8 Å². The molecule has 0 aromatic carbocycles. The van der Waals surface area contributed by atoms with E-state index in [1.807, 2.05) is 17.0 Å². The van der Waals surface area contributed by atoms with Crippen molar-refractivity contribution < 1.29 is 0 Å². The zero-order valence-corrected chi connectivity index (χ0v) is 11.4. The van der Waals surface area contributed by atoms with E-state index in [9.17, 15) is 5.26 Å². The number of nitriles is 2. The number of hydrogen-bond acceptors (Lipinski definition) is 6. The lowest BCUT2D eigenvalue weighted by molar-refractivity contribution is 0.779. The van der Waals surface area contributed by atoms with Crippen molar-refractivity contribution in [2.24, 2.45) is 0 Å². The molecule has 2 heterocycles. The fraction of sp³-hybridized carbons (Fsp3) is 0.200. The Morgan fingerprint density at radius 1 is 1.29 bits per heavy atom. The van der Waals surface area contributed by atoms with E-state index in [4.69, 9.17) is 11.0 Å². The molecule has 0 bridgehead atoms. The van der Waals surface area contributed by atoms with Crippen LogP contribution in [0.2, 0.25) is 0 Å². The van der Waals surface area contributed by atoms with Gasteiger partial charge in [-0.05, 0) is 17.7 Å². The first-order valence-corrected chi connectivity index (χ1v) is 6.41. The standard InChI is InChI=1S/C15H14N6/c16-4-2-6-21(11-12-3-1-5-19-9-12)15-13(8-17)7-14(18)10-20-15/h1,3,5,7,9-10H,2,6,11,18H2. The topological polar surface area (TPSA) is 103 Å². The van der Waals surface area contributed by atoms with E-state index in [0.29, 0.717) is 36.6 Å². The van der Waals surface area contributed by atoms with Gasteiger partial charge in [0, 0.05) is 25.5 Å². The molecule has 0 saturated carbocycles. The van der Waals surface area contributed by atoms with Gasteiger partial charge in [-0.3, -0.25) is 4.98 Å². The van der Waals surface area contributed by atoms with Crippen molar-refractivity contribution in [1.82, 2.24) is 9.97 Å². The van der Waals surface area contributed by atoms with Gasteiger partial charge in [0.25, 0.3) is 0 Å². The molecule has 0 spiro atoms. The molecule has 0 amide bonds. The number of pyridine rings is 2. The number of nitrogens with zero attached hydrogens (tertiary/aromatic N) is 5. The fourth-order valence-corrected chi connectivity index (χ4v) is 1.96. The van der Waals surface area contributed by atoms with Gasteiger partial charge in [0.05, 0.1) is 29.9 Å². The first kappa shape index (κ1) is 14.3. The third kappa shape index (κ3) is 3.68. The molecule has 2 aromatic rings. The summed E-state index contributed by atoms with van der Waals surface area (Å²) in [6, 6.07) is 9.58. The highest BCUT2D eigenvalue weighted by Crippen LogP contribution is 2.21. The Balaban J connectivity index is 2.32. The number of hydrogen-bond donors (Lipinski definition) is 1.